The standard InChI is InChI=1S/C13H13BrClNO3/c14-9-1-2-10(11(15)7-9)12(17)16-5-3-8(4-6-16)13(18)19/h1-2,7-8H,3-6H2,(H,18,19). The van der Waals surface area contributed by atoms with E-state index in [1.807, 2.05) is 0 Å². The highest BCUT2D eigenvalue weighted by Crippen LogP contribution is 2.25. The molecule has 4 nitrogen and oxygen atoms in total. The molecule has 1 aliphatic heterocycles. The molecule has 0 atom stereocenters. The predicted molar refractivity (Wildman–Crippen MR) is 75.4 cm³/mol. The first-order valence-corrected chi connectivity index (χ1v) is 7.13. The number of likely N-dealkylation sites (tertiary alicyclic amines) is 1. The minimum atomic E-state index is -0.784. The third-order valence-corrected chi connectivity index (χ3v) is 4.10. The molecule has 1 saturated heterocycles. The van der Waals surface area contributed by atoms with Gasteiger partial charge in [0.05, 0.1) is 16.5 Å². The number of nitrogens with zero attached hydrogens (tertiary/aromatic N) is 1. The lowest BCUT2D eigenvalue weighted by atomic mass is 9.96. The fourth-order valence-corrected chi connectivity index (χ4v) is 2.92. The number of rotatable bonds is 2. The second-order valence-electron chi connectivity index (χ2n) is 4.53. The van der Waals surface area contributed by atoms with Crippen molar-refractivity contribution in [2.24, 2.45) is 5.92 Å². The van der Waals surface area contributed by atoms with Gasteiger partial charge in [-0.3, -0.25) is 9.59 Å². The molecule has 1 fully saturated rings. The third-order valence-electron chi connectivity index (χ3n) is 3.29. The van der Waals surface area contributed by atoms with E-state index in [1.54, 1.807) is 23.1 Å². The zero-order valence-electron chi connectivity index (χ0n) is 10.1. The quantitative estimate of drug-likeness (QED) is 0.895. The number of halogens is 2. The molecule has 0 saturated carbocycles. The summed E-state index contributed by atoms with van der Waals surface area (Å²) in [6, 6.07) is 5.12. The molecule has 0 aliphatic carbocycles. The van der Waals surface area contributed by atoms with Crippen LogP contribution in [0.4, 0.5) is 0 Å². The molecule has 1 amide bonds. The van der Waals surface area contributed by atoms with Crippen LogP contribution in [-0.2, 0) is 4.79 Å². The monoisotopic (exact) mass is 345 g/mol. The molecular formula is C13H13BrClNO3. The zero-order chi connectivity index (χ0) is 14.0. The molecule has 0 unspecified atom stereocenters. The highest BCUT2D eigenvalue weighted by Gasteiger charge is 2.28. The number of amides is 1. The van der Waals surface area contributed by atoms with Crippen molar-refractivity contribution in [2.45, 2.75) is 12.8 Å². The van der Waals surface area contributed by atoms with Crippen molar-refractivity contribution in [3.63, 3.8) is 0 Å². The Morgan fingerprint density at radius 3 is 2.47 bits per heavy atom. The highest BCUT2D eigenvalue weighted by atomic mass is 79.9. The van der Waals surface area contributed by atoms with E-state index >= 15 is 0 Å². The Morgan fingerprint density at radius 1 is 1.32 bits per heavy atom. The smallest absolute Gasteiger partial charge is 0.306 e. The van der Waals surface area contributed by atoms with Crippen LogP contribution in [0.2, 0.25) is 5.02 Å². The molecule has 1 aliphatic rings. The largest absolute Gasteiger partial charge is 0.481 e. The molecule has 0 aromatic heterocycles. The van der Waals surface area contributed by atoms with Gasteiger partial charge in [-0.25, -0.2) is 0 Å². The van der Waals surface area contributed by atoms with E-state index in [0.29, 0.717) is 36.5 Å². The number of carboxylic acid groups (broad SMARTS) is 1. The van der Waals surface area contributed by atoms with Crippen molar-refractivity contribution in [2.75, 3.05) is 13.1 Å². The average Bonchev–Trinajstić information content (AvgIpc) is 2.38. The summed E-state index contributed by atoms with van der Waals surface area (Å²) in [6.45, 7) is 0.921. The van der Waals surface area contributed by atoms with Crippen molar-refractivity contribution in [1.29, 1.82) is 0 Å². The molecule has 1 heterocycles. The van der Waals surface area contributed by atoms with Gasteiger partial charge in [-0.1, -0.05) is 27.5 Å². The summed E-state index contributed by atoms with van der Waals surface area (Å²) >= 11 is 9.34. The second-order valence-corrected chi connectivity index (χ2v) is 5.85. The molecule has 0 spiro atoms. The summed E-state index contributed by atoms with van der Waals surface area (Å²) in [7, 11) is 0. The number of benzene rings is 1. The van der Waals surface area contributed by atoms with Gasteiger partial charge in [0.1, 0.15) is 0 Å². The molecule has 0 bridgehead atoms. The van der Waals surface area contributed by atoms with Crippen LogP contribution in [0.3, 0.4) is 0 Å². The lowest BCUT2D eigenvalue weighted by Crippen LogP contribution is -2.40. The van der Waals surface area contributed by atoms with Crippen LogP contribution in [0.1, 0.15) is 23.2 Å². The van der Waals surface area contributed by atoms with Crippen molar-refractivity contribution < 1.29 is 14.7 Å². The summed E-state index contributed by atoms with van der Waals surface area (Å²) < 4.78 is 0.818. The van der Waals surface area contributed by atoms with Crippen LogP contribution in [0.15, 0.2) is 22.7 Å². The van der Waals surface area contributed by atoms with E-state index in [2.05, 4.69) is 15.9 Å². The van der Waals surface area contributed by atoms with Crippen LogP contribution in [0.5, 0.6) is 0 Å². The Bertz CT molecular complexity index is 513. The molecule has 1 aromatic carbocycles. The number of aliphatic carboxylic acids is 1. The maximum Gasteiger partial charge on any atom is 0.306 e. The minimum Gasteiger partial charge on any atom is -0.481 e. The molecular weight excluding hydrogens is 334 g/mol. The third kappa shape index (κ3) is 3.28. The number of carboxylic acids is 1. The van der Waals surface area contributed by atoms with E-state index in [0.717, 1.165) is 4.47 Å². The maximum absolute atomic E-state index is 12.3. The summed E-state index contributed by atoms with van der Waals surface area (Å²) in [6.07, 6.45) is 0.991. The van der Waals surface area contributed by atoms with Gasteiger partial charge in [0.25, 0.3) is 5.91 Å². The van der Waals surface area contributed by atoms with E-state index in [4.69, 9.17) is 16.7 Å². The molecule has 19 heavy (non-hydrogen) atoms. The zero-order valence-corrected chi connectivity index (χ0v) is 12.4. The Labute approximate surface area is 124 Å². The first kappa shape index (κ1) is 14.3. The Morgan fingerprint density at radius 2 is 1.95 bits per heavy atom. The summed E-state index contributed by atoms with van der Waals surface area (Å²) in [5.74, 6) is -1.26. The van der Waals surface area contributed by atoms with E-state index in [-0.39, 0.29) is 11.8 Å². The van der Waals surface area contributed by atoms with Gasteiger partial charge in [-0.15, -0.1) is 0 Å². The molecule has 1 aromatic rings. The summed E-state index contributed by atoms with van der Waals surface area (Å²) in [5, 5.41) is 9.33. The number of hydrogen-bond acceptors (Lipinski definition) is 2. The maximum atomic E-state index is 12.3. The molecule has 102 valence electrons. The molecule has 6 heteroatoms. The van der Waals surface area contributed by atoms with Gasteiger partial charge in [0, 0.05) is 17.6 Å². The lowest BCUT2D eigenvalue weighted by molar-refractivity contribution is -0.143. The van der Waals surface area contributed by atoms with Crippen LogP contribution >= 0.6 is 27.5 Å². The van der Waals surface area contributed by atoms with Crippen LogP contribution in [0.25, 0.3) is 0 Å². The molecule has 2 rings (SSSR count). The van der Waals surface area contributed by atoms with Crippen molar-refractivity contribution >= 4 is 39.4 Å². The Balaban J connectivity index is 2.07. The van der Waals surface area contributed by atoms with E-state index in [1.165, 1.54) is 0 Å². The van der Waals surface area contributed by atoms with Crippen LogP contribution in [0, 0.1) is 5.92 Å². The van der Waals surface area contributed by atoms with E-state index < -0.39 is 5.97 Å². The van der Waals surface area contributed by atoms with Crippen LogP contribution < -0.4 is 0 Å². The Kier molecular flexibility index (Phi) is 4.47. The van der Waals surface area contributed by atoms with Gasteiger partial charge in [0.15, 0.2) is 0 Å². The SMILES string of the molecule is O=C(O)C1CCN(C(=O)c2ccc(Br)cc2Cl)CC1. The van der Waals surface area contributed by atoms with Crippen molar-refractivity contribution in [3.05, 3.63) is 33.3 Å². The van der Waals surface area contributed by atoms with Crippen molar-refractivity contribution in [1.82, 2.24) is 4.90 Å². The first-order valence-electron chi connectivity index (χ1n) is 5.96. The fraction of sp³-hybridized carbons (Fsp3) is 0.385. The lowest BCUT2D eigenvalue weighted by Gasteiger charge is -2.30. The van der Waals surface area contributed by atoms with E-state index in [9.17, 15) is 9.59 Å². The summed E-state index contributed by atoms with van der Waals surface area (Å²) in [4.78, 5) is 24.8. The number of hydrogen-bond donors (Lipinski definition) is 1. The molecule has 0 radical (unpaired) electrons. The summed E-state index contributed by atoms with van der Waals surface area (Å²) in [5.41, 5.74) is 0.457. The van der Waals surface area contributed by atoms with Gasteiger partial charge >= 0.3 is 5.97 Å². The first-order chi connectivity index (χ1) is 8.99. The highest BCUT2D eigenvalue weighted by molar-refractivity contribution is 9.10. The molecule has 1 N–H and O–H groups in total. The van der Waals surface area contributed by atoms with Gasteiger partial charge in [0.2, 0.25) is 0 Å². The topological polar surface area (TPSA) is 57.6 Å². The number of piperidine rings is 1. The average molecular weight is 347 g/mol. The van der Waals surface area contributed by atoms with Gasteiger partial charge in [-0.2, -0.15) is 0 Å². The second kappa shape index (κ2) is 5.92. The normalized spacial score (nSPS) is 16.4. The fourth-order valence-electron chi connectivity index (χ4n) is 2.16. The van der Waals surface area contributed by atoms with Gasteiger partial charge < -0.3 is 10.0 Å². The predicted octanol–water partition coefficient (Wildman–Crippen LogP) is 3.04. The van der Waals surface area contributed by atoms with Crippen LogP contribution in [-0.4, -0.2) is 35.0 Å². The van der Waals surface area contributed by atoms with Gasteiger partial charge in [-0.05, 0) is 31.0 Å². The van der Waals surface area contributed by atoms with Crippen molar-refractivity contribution in [3.8, 4) is 0 Å². The Hall–Kier alpha value is -1.07. The number of carbonyl (C=O) groups excluding carboxylic acids is 1. The number of carbonyl (C=O) groups is 2. The minimum absolute atomic E-state index is 0.138.